The highest BCUT2D eigenvalue weighted by Crippen LogP contribution is 2.08. The molecular weight excluding hydrogens is 274 g/mol. The van der Waals surface area contributed by atoms with Crippen molar-refractivity contribution in [2.45, 2.75) is 26.2 Å². The van der Waals surface area contributed by atoms with Gasteiger partial charge in [-0.05, 0) is 30.4 Å². The summed E-state index contributed by atoms with van der Waals surface area (Å²) in [5.74, 6) is -0.848. The second kappa shape index (κ2) is 10.6. The van der Waals surface area contributed by atoms with Crippen LogP contribution in [0.3, 0.4) is 0 Å². The van der Waals surface area contributed by atoms with Gasteiger partial charge >= 0.3 is 0 Å². The van der Waals surface area contributed by atoms with Gasteiger partial charge in [0.1, 0.15) is 0 Å². The average Bonchev–Trinajstić information content (AvgIpc) is 2.57. The van der Waals surface area contributed by atoms with Crippen LogP contribution >= 0.6 is 0 Å². The third-order valence-corrected chi connectivity index (χ3v) is 3.50. The fourth-order valence-electron chi connectivity index (χ4n) is 2.02. The summed E-state index contributed by atoms with van der Waals surface area (Å²) in [6.45, 7) is 2.00. The lowest BCUT2D eigenvalue weighted by Gasteiger charge is -2.09. The van der Waals surface area contributed by atoms with Crippen LogP contribution in [0.15, 0.2) is 60.7 Å². The van der Waals surface area contributed by atoms with E-state index in [9.17, 15) is 4.79 Å². The number of aliphatic hydroxyl groups is 1. The van der Waals surface area contributed by atoms with Crippen LogP contribution in [-0.2, 0) is 17.6 Å². The number of benzene rings is 2. The maximum atomic E-state index is 10.8. The van der Waals surface area contributed by atoms with Crippen LogP contribution in [-0.4, -0.2) is 17.6 Å². The topological polar surface area (TPSA) is 63.3 Å². The monoisotopic (exact) mass is 299 g/mol. The van der Waals surface area contributed by atoms with Gasteiger partial charge in [-0.1, -0.05) is 67.6 Å². The lowest BCUT2D eigenvalue weighted by Crippen LogP contribution is -2.26. The van der Waals surface area contributed by atoms with E-state index in [0.29, 0.717) is 6.42 Å². The van der Waals surface area contributed by atoms with Crippen LogP contribution < -0.4 is 5.73 Å². The second-order valence-electron chi connectivity index (χ2n) is 5.15. The van der Waals surface area contributed by atoms with Gasteiger partial charge in [-0.25, -0.2) is 0 Å². The fraction of sp³-hybridized carbons (Fsp3) is 0.316. The summed E-state index contributed by atoms with van der Waals surface area (Å²) in [6.07, 6.45) is 2.52. The molecule has 3 heteroatoms. The third-order valence-electron chi connectivity index (χ3n) is 3.50. The van der Waals surface area contributed by atoms with Crippen molar-refractivity contribution in [1.29, 1.82) is 0 Å². The molecule has 1 amide bonds. The minimum atomic E-state index is -0.427. The number of aliphatic hydroxyl groups excluding tert-OH is 1. The van der Waals surface area contributed by atoms with Gasteiger partial charge in [0.25, 0.3) is 0 Å². The Bertz CT molecular complexity index is 526. The largest absolute Gasteiger partial charge is 0.396 e. The van der Waals surface area contributed by atoms with Crippen molar-refractivity contribution in [3.8, 4) is 0 Å². The lowest BCUT2D eigenvalue weighted by atomic mass is 10.00. The first-order chi connectivity index (χ1) is 10.7. The van der Waals surface area contributed by atoms with Gasteiger partial charge in [0.2, 0.25) is 5.91 Å². The number of hydrogen-bond acceptors (Lipinski definition) is 2. The third kappa shape index (κ3) is 7.04. The molecule has 0 radical (unpaired) electrons. The second-order valence-corrected chi connectivity index (χ2v) is 5.15. The molecule has 0 heterocycles. The summed E-state index contributed by atoms with van der Waals surface area (Å²) in [7, 11) is 0. The van der Waals surface area contributed by atoms with Crippen LogP contribution in [0.1, 0.15) is 24.5 Å². The van der Waals surface area contributed by atoms with Gasteiger partial charge in [0.15, 0.2) is 0 Å². The first-order valence-electron chi connectivity index (χ1n) is 7.65. The van der Waals surface area contributed by atoms with E-state index in [4.69, 9.17) is 10.8 Å². The van der Waals surface area contributed by atoms with E-state index in [1.165, 1.54) is 5.56 Å². The van der Waals surface area contributed by atoms with Crippen molar-refractivity contribution >= 4 is 5.91 Å². The molecular formula is C19H25NO2. The molecule has 2 aromatic rings. The minimum absolute atomic E-state index is 0.165. The SMILES string of the molecule is CCc1ccccc1.NC(=O)[C@@H](CO)CCc1ccccc1. The number of carbonyl (C=O) groups excluding carboxylic acids is 1. The Labute approximate surface area is 132 Å². The van der Waals surface area contributed by atoms with Gasteiger partial charge in [-0.3, -0.25) is 4.79 Å². The summed E-state index contributed by atoms with van der Waals surface area (Å²) in [4.78, 5) is 10.8. The Balaban J connectivity index is 0.000000255. The molecule has 0 spiro atoms. The quantitative estimate of drug-likeness (QED) is 0.861. The fourth-order valence-corrected chi connectivity index (χ4v) is 2.02. The van der Waals surface area contributed by atoms with Crippen molar-refractivity contribution in [3.63, 3.8) is 0 Å². The molecule has 3 nitrogen and oxygen atoms in total. The van der Waals surface area contributed by atoms with E-state index >= 15 is 0 Å². The van der Waals surface area contributed by atoms with Gasteiger partial charge < -0.3 is 10.8 Å². The van der Waals surface area contributed by atoms with Gasteiger partial charge in [-0.15, -0.1) is 0 Å². The lowest BCUT2D eigenvalue weighted by molar-refractivity contribution is -0.123. The summed E-state index contributed by atoms with van der Waals surface area (Å²) in [5, 5.41) is 8.87. The maximum Gasteiger partial charge on any atom is 0.222 e. The molecule has 0 unspecified atom stereocenters. The number of aryl methyl sites for hydroxylation is 2. The van der Waals surface area contributed by atoms with E-state index in [1.54, 1.807) is 0 Å². The number of hydrogen-bond donors (Lipinski definition) is 2. The predicted octanol–water partition coefficient (Wildman–Crippen LogP) is 2.96. The zero-order valence-electron chi connectivity index (χ0n) is 13.1. The highest BCUT2D eigenvalue weighted by molar-refractivity contribution is 5.76. The Kier molecular flexibility index (Phi) is 8.61. The number of amides is 1. The van der Waals surface area contributed by atoms with Gasteiger partial charge in [0.05, 0.1) is 12.5 Å². The summed E-state index contributed by atoms with van der Waals surface area (Å²) in [6, 6.07) is 20.3. The molecule has 0 aliphatic carbocycles. The normalized spacial score (nSPS) is 11.2. The van der Waals surface area contributed by atoms with Gasteiger partial charge in [0, 0.05) is 0 Å². The Morgan fingerprint density at radius 2 is 1.50 bits per heavy atom. The zero-order valence-corrected chi connectivity index (χ0v) is 13.1. The first-order valence-corrected chi connectivity index (χ1v) is 7.65. The number of primary amides is 1. The molecule has 2 aromatic carbocycles. The molecule has 3 N–H and O–H groups in total. The van der Waals surface area contributed by atoms with E-state index in [0.717, 1.165) is 18.4 Å². The van der Waals surface area contributed by atoms with Crippen LogP contribution in [0.25, 0.3) is 0 Å². The summed E-state index contributed by atoms with van der Waals surface area (Å²) < 4.78 is 0. The van der Waals surface area contributed by atoms with Gasteiger partial charge in [-0.2, -0.15) is 0 Å². The average molecular weight is 299 g/mol. The molecule has 0 aliphatic rings. The molecule has 118 valence electrons. The molecule has 0 saturated carbocycles. The Morgan fingerprint density at radius 1 is 1.00 bits per heavy atom. The van der Waals surface area contributed by atoms with Crippen molar-refractivity contribution in [1.82, 2.24) is 0 Å². The van der Waals surface area contributed by atoms with Crippen LogP contribution in [0, 0.1) is 5.92 Å². The molecule has 0 aromatic heterocycles. The molecule has 22 heavy (non-hydrogen) atoms. The predicted molar refractivity (Wildman–Crippen MR) is 90.4 cm³/mol. The zero-order chi connectivity index (χ0) is 16.2. The van der Waals surface area contributed by atoms with E-state index < -0.39 is 11.8 Å². The van der Waals surface area contributed by atoms with Crippen LogP contribution in [0.5, 0.6) is 0 Å². The Hall–Kier alpha value is -2.13. The van der Waals surface area contributed by atoms with Crippen molar-refractivity contribution in [2.75, 3.05) is 6.61 Å². The molecule has 1 atom stereocenters. The molecule has 0 bridgehead atoms. The summed E-state index contributed by atoms with van der Waals surface area (Å²) >= 11 is 0. The van der Waals surface area contributed by atoms with Crippen molar-refractivity contribution in [2.24, 2.45) is 11.7 Å². The first kappa shape index (κ1) is 17.9. The molecule has 0 fully saturated rings. The van der Waals surface area contributed by atoms with Crippen molar-refractivity contribution in [3.05, 3.63) is 71.8 Å². The summed E-state index contributed by atoms with van der Waals surface area (Å²) in [5.41, 5.74) is 7.68. The molecule has 0 saturated heterocycles. The number of carbonyl (C=O) groups is 1. The molecule has 0 aliphatic heterocycles. The Morgan fingerprint density at radius 3 is 1.86 bits per heavy atom. The minimum Gasteiger partial charge on any atom is -0.396 e. The maximum absolute atomic E-state index is 10.8. The van der Waals surface area contributed by atoms with Crippen LogP contribution in [0.2, 0.25) is 0 Å². The highest BCUT2D eigenvalue weighted by atomic mass is 16.3. The van der Waals surface area contributed by atoms with Crippen LogP contribution in [0.4, 0.5) is 0 Å². The van der Waals surface area contributed by atoms with E-state index in [1.807, 2.05) is 36.4 Å². The standard InChI is InChI=1S/C11H15NO2.C8H10/c12-11(14)10(8-13)7-6-9-4-2-1-3-5-9;1-2-8-6-4-3-5-7-8/h1-5,10,13H,6-8H2,(H2,12,14);3-7H,2H2,1H3/t10-;/m1./s1. The molecule has 2 rings (SSSR count). The van der Waals surface area contributed by atoms with Crippen molar-refractivity contribution < 1.29 is 9.90 Å². The number of nitrogens with two attached hydrogens (primary N) is 1. The number of rotatable bonds is 6. The van der Waals surface area contributed by atoms with E-state index in [-0.39, 0.29) is 6.61 Å². The highest BCUT2D eigenvalue weighted by Gasteiger charge is 2.13. The van der Waals surface area contributed by atoms with E-state index in [2.05, 4.69) is 31.2 Å². The smallest absolute Gasteiger partial charge is 0.222 e.